The minimum absolute atomic E-state index is 0.561. The van der Waals surface area contributed by atoms with Gasteiger partial charge in [-0.3, -0.25) is 4.99 Å². The molecule has 5 heteroatoms. The van der Waals surface area contributed by atoms with Gasteiger partial charge in [-0.2, -0.15) is 0 Å². The number of rotatable bonds is 6. The van der Waals surface area contributed by atoms with Crippen LogP contribution in [-0.4, -0.2) is 30.6 Å². The first-order valence-electron chi connectivity index (χ1n) is 8.88. The third kappa shape index (κ3) is 5.41. The highest BCUT2D eigenvalue weighted by Crippen LogP contribution is 2.29. The smallest absolute Gasteiger partial charge is 0.213 e. The lowest BCUT2D eigenvalue weighted by atomic mass is 9.96. The van der Waals surface area contributed by atoms with Crippen molar-refractivity contribution >= 4 is 5.96 Å². The molecule has 2 fully saturated rings. The predicted octanol–water partition coefficient (Wildman–Crippen LogP) is 2.87. The van der Waals surface area contributed by atoms with Crippen LogP contribution in [0.5, 0.6) is 5.88 Å². The van der Waals surface area contributed by atoms with Gasteiger partial charge in [-0.15, -0.1) is 0 Å². The van der Waals surface area contributed by atoms with Crippen molar-refractivity contribution in [3.05, 3.63) is 23.9 Å². The van der Waals surface area contributed by atoms with Crippen molar-refractivity contribution in [3.63, 3.8) is 0 Å². The van der Waals surface area contributed by atoms with Crippen molar-refractivity contribution in [1.82, 2.24) is 15.6 Å². The summed E-state index contributed by atoms with van der Waals surface area (Å²) in [7, 11) is 1.82. The van der Waals surface area contributed by atoms with Crippen LogP contribution in [0.2, 0.25) is 0 Å². The van der Waals surface area contributed by atoms with E-state index in [1.807, 2.05) is 19.3 Å². The molecule has 0 bridgehead atoms. The largest absolute Gasteiger partial charge is 0.477 e. The van der Waals surface area contributed by atoms with Gasteiger partial charge in [0.25, 0.3) is 0 Å². The monoisotopic (exact) mass is 316 g/mol. The maximum Gasteiger partial charge on any atom is 0.213 e. The van der Waals surface area contributed by atoms with E-state index in [4.69, 9.17) is 4.74 Å². The van der Waals surface area contributed by atoms with Crippen molar-refractivity contribution in [3.8, 4) is 5.88 Å². The summed E-state index contributed by atoms with van der Waals surface area (Å²) in [4.78, 5) is 8.70. The molecule has 3 rings (SSSR count). The molecule has 0 atom stereocenters. The number of aromatic nitrogens is 1. The summed E-state index contributed by atoms with van der Waals surface area (Å²) in [6.07, 6.45) is 11.0. The molecule has 0 radical (unpaired) electrons. The van der Waals surface area contributed by atoms with E-state index >= 15 is 0 Å². The molecule has 2 N–H and O–H groups in total. The first-order valence-corrected chi connectivity index (χ1v) is 8.88. The Bertz CT molecular complexity index is 504. The van der Waals surface area contributed by atoms with Gasteiger partial charge >= 0.3 is 0 Å². The number of nitrogens with zero attached hydrogens (tertiary/aromatic N) is 2. The van der Waals surface area contributed by atoms with E-state index in [-0.39, 0.29) is 0 Å². The normalized spacial score (nSPS) is 19.4. The lowest BCUT2D eigenvalue weighted by Gasteiger charge is -2.24. The Morgan fingerprint density at radius 2 is 2.04 bits per heavy atom. The van der Waals surface area contributed by atoms with Crippen molar-refractivity contribution < 1.29 is 4.74 Å². The number of guanidine groups is 1. The third-order valence-electron chi connectivity index (χ3n) is 4.59. The molecule has 5 nitrogen and oxygen atoms in total. The first kappa shape index (κ1) is 16.1. The zero-order valence-electron chi connectivity index (χ0n) is 14.1. The quantitative estimate of drug-likeness (QED) is 0.626. The van der Waals surface area contributed by atoms with E-state index in [2.05, 4.69) is 26.7 Å². The molecule has 0 aromatic carbocycles. The topological polar surface area (TPSA) is 58.5 Å². The molecule has 0 unspecified atom stereocenters. The average molecular weight is 316 g/mol. The van der Waals surface area contributed by atoms with E-state index in [1.54, 1.807) is 0 Å². The summed E-state index contributed by atoms with van der Waals surface area (Å²) in [5.74, 6) is 2.36. The number of pyridine rings is 1. The van der Waals surface area contributed by atoms with E-state index < -0.39 is 0 Å². The Morgan fingerprint density at radius 3 is 2.70 bits per heavy atom. The van der Waals surface area contributed by atoms with Gasteiger partial charge in [0, 0.05) is 31.9 Å². The van der Waals surface area contributed by atoms with Crippen LogP contribution in [0.1, 0.15) is 50.5 Å². The lowest BCUT2D eigenvalue weighted by Crippen LogP contribution is -2.43. The molecule has 2 saturated carbocycles. The molecule has 126 valence electrons. The Hall–Kier alpha value is -1.78. The highest BCUT2D eigenvalue weighted by molar-refractivity contribution is 5.79. The maximum atomic E-state index is 5.66. The summed E-state index contributed by atoms with van der Waals surface area (Å²) in [5.41, 5.74) is 1.13. The van der Waals surface area contributed by atoms with E-state index in [9.17, 15) is 0 Å². The van der Waals surface area contributed by atoms with E-state index in [0.29, 0.717) is 6.04 Å². The average Bonchev–Trinajstić information content (AvgIpc) is 3.43. The summed E-state index contributed by atoms with van der Waals surface area (Å²) in [5, 5.41) is 6.89. The van der Waals surface area contributed by atoms with Crippen LogP contribution in [-0.2, 0) is 6.54 Å². The Morgan fingerprint density at radius 1 is 1.22 bits per heavy atom. The molecule has 1 heterocycles. The lowest BCUT2D eigenvalue weighted by molar-refractivity contribution is 0.288. The number of nitrogens with one attached hydrogen (secondary N) is 2. The second-order valence-electron chi connectivity index (χ2n) is 6.66. The minimum atomic E-state index is 0.561. The van der Waals surface area contributed by atoms with Gasteiger partial charge in [0.05, 0.1) is 6.61 Å². The number of aliphatic imine (C=N–C) groups is 1. The summed E-state index contributed by atoms with van der Waals surface area (Å²) in [6.45, 7) is 1.53. The van der Waals surface area contributed by atoms with Crippen molar-refractivity contribution in [2.75, 3.05) is 13.7 Å². The third-order valence-corrected chi connectivity index (χ3v) is 4.59. The molecule has 0 saturated heterocycles. The van der Waals surface area contributed by atoms with Crippen LogP contribution in [0.3, 0.4) is 0 Å². The van der Waals surface area contributed by atoms with Crippen molar-refractivity contribution in [1.29, 1.82) is 0 Å². The van der Waals surface area contributed by atoms with Crippen molar-refractivity contribution in [2.45, 2.75) is 57.5 Å². The zero-order valence-corrected chi connectivity index (χ0v) is 14.1. The fraction of sp³-hybridized carbons (Fsp3) is 0.667. The van der Waals surface area contributed by atoms with E-state index in [0.717, 1.165) is 36.5 Å². The number of hydrogen-bond acceptors (Lipinski definition) is 3. The van der Waals surface area contributed by atoms with Gasteiger partial charge in [0.1, 0.15) is 0 Å². The second-order valence-corrected chi connectivity index (χ2v) is 6.66. The summed E-state index contributed by atoms with van der Waals surface area (Å²) < 4.78 is 5.66. The summed E-state index contributed by atoms with van der Waals surface area (Å²) in [6, 6.07) is 4.58. The van der Waals surface area contributed by atoms with Gasteiger partial charge in [-0.05, 0) is 37.2 Å². The predicted molar refractivity (Wildman–Crippen MR) is 92.7 cm³/mol. The Kier molecular flexibility index (Phi) is 5.72. The molecular weight excluding hydrogens is 288 g/mol. The molecular formula is C18H28N4O. The fourth-order valence-corrected chi connectivity index (χ4v) is 2.91. The number of ether oxygens (including phenoxy) is 1. The molecule has 23 heavy (non-hydrogen) atoms. The van der Waals surface area contributed by atoms with Crippen LogP contribution in [0.15, 0.2) is 23.3 Å². The Balaban J connectivity index is 1.42. The van der Waals surface area contributed by atoms with Crippen LogP contribution < -0.4 is 15.4 Å². The second kappa shape index (κ2) is 8.18. The molecule has 2 aliphatic rings. The SMILES string of the molecule is CN=C(NCc1ccc(OCC2CC2)nc1)NC1CCCCC1. The minimum Gasteiger partial charge on any atom is -0.477 e. The van der Waals surface area contributed by atoms with Crippen LogP contribution in [0, 0.1) is 5.92 Å². The molecule has 1 aromatic heterocycles. The number of hydrogen-bond donors (Lipinski definition) is 2. The summed E-state index contributed by atoms with van der Waals surface area (Å²) >= 11 is 0. The standard InChI is InChI=1S/C18H28N4O/c1-19-18(22-16-5-3-2-4-6-16)21-12-15-9-10-17(20-11-15)23-13-14-7-8-14/h9-11,14,16H,2-8,12-13H2,1H3,(H2,19,21,22). The molecule has 1 aromatic rings. The molecule has 0 amide bonds. The highest BCUT2D eigenvalue weighted by Gasteiger charge is 2.22. The van der Waals surface area contributed by atoms with E-state index in [1.165, 1.54) is 44.9 Å². The van der Waals surface area contributed by atoms with Gasteiger partial charge in [-0.25, -0.2) is 4.98 Å². The van der Waals surface area contributed by atoms with Crippen LogP contribution in [0.25, 0.3) is 0 Å². The van der Waals surface area contributed by atoms with Gasteiger partial charge in [0.15, 0.2) is 5.96 Å². The zero-order chi connectivity index (χ0) is 15.9. The molecule has 0 aliphatic heterocycles. The first-order chi connectivity index (χ1) is 11.3. The fourth-order valence-electron chi connectivity index (χ4n) is 2.91. The maximum absolute atomic E-state index is 5.66. The van der Waals surface area contributed by atoms with Crippen molar-refractivity contribution in [2.24, 2.45) is 10.9 Å². The van der Waals surface area contributed by atoms with Crippen LogP contribution in [0.4, 0.5) is 0 Å². The van der Waals surface area contributed by atoms with Gasteiger partial charge < -0.3 is 15.4 Å². The highest BCUT2D eigenvalue weighted by atomic mass is 16.5. The molecule has 0 spiro atoms. The van der Waals surface area contributed by atoms with Gasteiger partial charge in [-0.1, -0.05) is 25.3 Å². The Labute approximate surface area is 138 Å². The van der Waals surface area contributed by atoms with Gasteiger partial charge in [0.2, 0.25) is 5.88 Å². The van der Waals surface area contributed by atoms with Crippen LogP contribution >= 0.6 is 0 Å². The molecule has 2 aliphatic carbocycles.